The molecular formula is C19H31N3O6. The zero-order valence-electron chi connectivity index (χ0n) is 16.8. The molecule has 0 saturated heterocycles. The Morgan fingerprint density at radius 3 is 2.14 bits per heavy atom. The average Bonchev–Trinajstić information content (AvgIpc) is 3.09. The first-order valence-corrected chi connectivity index (χ1v) is 9.19. The third-order valence-electron chi connectivity index (χ3n) is 4.61. The van der Waals surface area contributed by atoms with E-state index in [1.165, 1.54) is 6.92 Å². The monoisotopic (exact) mass is 397 g/mol. The van der Waals surface area contributed by atoms with Crippen molar-refractivity contribution in [2.75, 3.05) is 19.8 Å². The number of nitrogens with zero attached hydrogens (tertiary/aromatic N) is 1. The molecule has 0 fully saturated rings. The van der Waals surface area contributed by atoms with E-state index < -0.39 is 54.9 Å². The molecule has 0 aliphatic rings. The van der Waals surface area contributed by atoms with Crippen LogP contribution in [0.4, 0.5) is 0 Å². The lowest BCUT2D eigenvalue weighted by Gasteiger charge is -2.30. The lowest BCUT2D eigenvalue weighted by atomic mass is 9.81. The number of carbonyl (C=O) groups excluding carboxylic acids is 3. The number of nitrogens with one attached hydrogen (secondary N) is 2. The summed E-state index contributed by atoms with van der Waals surface area (Å²) in [5.74, 6) is -1.72. The summed E-state index contributed by atoms with van der Waals surface area (Å²) in [6.45, 7) is 3.35. The van der Waals surface area contributed by atoms with Gasteiger partial charge in [0.2, 0.25) is 5.91 Å². The van der Waals surface area contributed by atoms with E-state index in [9.17, 15) is 29.7 Å². The van der Waals surface area contributed by atoms with Gasteiger partial charge in [0, 0.05) is 13.2 Å². The molecule has 1 aromatic heterocycles. The SMILES string of the molecule is CC(C)CC(NC(=O)[C@H](CO)NC(=O)c1cccn1C)C(=O)C(C)(CO)CO. The molecule has 1 aromatic rings. The van der Waals surface area contributed by atoms with Crippen LogP contribution in [-0.2, 0) is 16.6 Å². The zero-order valence-corrected chi connectivity index (χ0v) is 16.8. The minimum absolute atomic E-state index is 0.0430. The maximum Gasteiger partial charge on any atom is 0.268 e. The Hall–Kier alpha value is -2.23. The molecule has 0 aromatic carbocycles. The van der Waals surface area contributed by atoms with Crippen LogP contribution in [0.25, 0.3) is 0 Å². The van der Waals surface area contributed by atoms with Crippen LogP contribution in [-0.4, -0.2) is 69.4 Å². The number of Topliss-reactive ketones (excluding diaryl/α,β-unsaturated/α-hetero) is 1. The summed E-state index contributed by atoms with van der Waals surface area (Å²) in [4.78, 5) is 37.7. The minimum Gasteiger partial charge on any atom is -0.395 e. The smallest absolute Gasteiger partial charge is 0.268 e. The number of hydrogen-bond acceptors (Lipinski definition) is 6. The van der Waals surface area contributed by atoms with Crippen LogP contribution >= 0.6 is 0 Å². The molecular weight excluding hydrogens is 366 g/mol. The summed E-state index contributed by atoms with van der Waals surface area (Å²) in [5.41, 5.74) is -1.09. The van der Waals surface area contributed by atoms with Crippen LogP contribution in [0, 0.1) is 11.3 Å². The van der Waals surface area contributed by atoms with E-state index in [-0.39, 0.29) is 12.3 Å². The Morgan fingerprint density at radius 1 is 1.11 bits per heavy atom. The number of aryl methyl sites for hydroxylation is 1. The lowest BCUT2D eigenvalue weighted by molar-refractivity contribution is -0.138. The van der Waals surface area contributed by atoms with Crippen molar-refractivity contribution in [1.29, 1.82) is 0 Å². The fourth-order valence-electron chi connectivity index (χ4n) is 2.72. The number of rotatable bonds is 11. The maximum absolute atomic E-state index is 12.8. The minimum atomic E-state index is -1.41. The molecule has 2 atom stereocenters. The van der Waals surface area contributed by atoms with Crippen LogP contribution in [0.2, 0.25) is 0 Å². The Morgan fingerprint density at radius 2 is 1.71 bits per heavy atom. The fraction of sp³-hybridized carbons (Fsp3) is 0.632. The second kappa shape index (κ2) is 10.4. The number of amides is 2. The quantitative estimate of drug-likeness (QED) is 0.331. The van der Waals surface area contributed by atoms with Gasteiger partial charge in [-0.1, -0.05) is 13.8 Å². The normalized spacial score (nSPS) is 13.9. The van der Waals surface area contributed by atoms with Crippen molar-refractivity contribution < 1.29 is 29.7 Å². The first-order valence-electron chi connectivity index (χ1n) is 9.19. The third kappa shape index (κ3) is 5.88. The molecule has 1 rings (SSSR count). The Bertz CT molecular complexity index is 681. The molecule has 0 bridgehead atoms. The zero-order chi connectivity index (χ0) is 21.5. The van der Waals surface area contributed by atoms with Crippen molar-refractivity contribution in [3.63, 3.8) is 0 Å². The number of hydrogen-bond donors (Lipinski definition) is 5. The van der Waals surface area contributed by atoms with Crippen molar-refractivity contribution in [1.82, 2.24) is 15.2 Å². The van der Waals surface area contributed by atoms with Crippen molar-refractivity contribution in [3.8, 4) is 0 Å². The molecule has 0 aliphatic heterocycles. The van der Waals surface area contributed by atoms with Crippen molar-refractivity contribution in [3.05, 3.63) is 24.0 Å². The molecule has 158 valence electrons. The number of aliphatic hydroxyl groups is 3. The molecule has 0 spiro atoms. The second-order valence-corrected chi connectivity index (χ2v) is 7.64. The molecule has 5 N–H and O–H groups in total. The highest BCUT2D eigenvalue weighted by molar-refractivity contribution is 5.98. The fourth-order valence-corrected chi connectivity index (χ4v) is 2.72. The van der Waals surface area contributed by atoms with Gasteiger partial charge in [0.15, 0.2) is 5.78 Å². The second-order valence-electron chi connectivity index (χ2n) is 7.64. The molecule has 0 aliphatic carbocycles. The molecule has 9 heteroatoms. The summed E-state index contributed by atoms with van der Waals surface area (Å²) < 4.78 is 1.57. The highest BCUT2D eigenvalue weighted by Crippen LogP contribution is 2.21. The van der Waals surface area contributed by atoms with Gasteiger partial charge in [0.25, 0.3) is 5.91 Å². The largest absolute Gasteiger partial charge is 0.395 e. The predicted molar refractivity (Wildman–Crippen MR) is 102 cm³/mol. The average molecular weight is 397 g/mol. The van der Waals surface area contributed by atoms with Crippen molar-refractivity contribution in [2.24, 2.45) is 18.4 Å². The van der Waals surface area contributed by atoms with E-state index in [4.69, 9.17) is 0 Å². The van der Waals surface area contributed by atoms with E-state index in [2.05, 4.69) is 10.6 Å². The summed E-state index contributed by atoms with van der Waals surface area (Å²) in [6, 6.07) is 1.02. The van der Waals surface area contributed by atoms with Gasteiger partial charge in [-0.25, -0.2) is 0 Å². The Kier molecular flexibility index (Phi) is 8.80. The maximum atomic E-state index is 12.8. The summed E-state index contributed by atoms with van der Waals surface area (Å²) >= 11 is 0. The van der Waals surface area contributed by atoms with Gasteiger partial charge in [-0.05, 0) is 31.4 Å². The van der Waals surface area contributed by atoms with E-state index in [1.54, 1.807) is 29.9 Å². The van der Waals surface area contributed by atoms with Gasteiger partial charge >= 0.3 is 0 Å². The van der Waals surface area contributed by atoms with Gasteiger partial charge < -0.3 is 30.5 Å². The highest BCUT2D eigenvalue weighted by Gasteiger charge is 2.38. The molecule has 0 saturated carbocycles. The lowest BCUT2D eigenvalue weighted by Crippen LogP contribution is -2.56. The highest BCUT2D eigenvalue weighted by atomic mass is 16.3. The van der Waals surface area contributed by atoms with E-state index in [0.717, 1.165) is 0 Å². The van der Waals surface area contributed by atoms with E-state index >= 15 is 0 Å². The van der Waals surface area contributed by atoms with Crippen molar-refractivity contribution >= 4 is 17.6 Å². The van der Waals surface area contributed by atoms with Crippen molar-refractivity contribution in [2.45, 2.75) is 39.3 Å². The first kappa shape index (κ1) is 23.8. The van der Waals surface area contributed by atoms with Gasteiger partial charge in [0.1, 0.15) is 11.7 Å². The number of carbonyl (C=O) groups is 3. The predicted octanol–water partition coefficient (Wildman–Crippen LogP) is -0.793. The third-order valence-corrected chi connectivity index (χ3v) is 4.61. The molecule has 9 nitrogen and oxygen atoms in total. The topological polar surface area (TPSA) is 141 Å². The Balaban J connectivity index is 2.93. The molecule has 0 radical (unpaired) electrons. The molecule has 1 heterocycles. The number of ketones is 1. The Labute approximate surface area is 164 Å². The van der Waals surface area contributed by atoms with Crippen LogP contribution in [0.3, 0.4) is 0 Å². The van der Waals surface area contributed by atoms with E-state index in [0.29, 0.717) is 5.69 Å². The van der Waals surface area contributed by atoms with Crippen LogP contribution < -0.4 is 10.6 Å². The molecule has 2 amide bonds. The number of aliphatic hydroxyl groups excluding tert-OH is 3. The molecule has 28 heavy (non-hydrogen) atoms. The van der Waals surface area contributed by atoms with E-state index in [1.807, 2.05) is 13.8 Å². The first-order chi connectivity index (χ1) is 13.1. The standard InChI is InChI=1S/C19H31N3O6/c1-12(2)8-13(16(26)19(3,10-24)11-25)20-17(27)14(9-23)21-18(28)15-6-5-7-22(15)4/h5-7,12-14,23-25H,8-11H2,1-4H3,(H,20,27)(H,21,28)/t13?,14-/m0/s1. The van der Waals surface area contributed by atoms with Gasteiger partial charge in [-0.15, -0.1) is 0 Å². The summed E-state index contributed by atoms with van der Waals surface area (Å²) in [5, 5.41) is 33.5. The van der Waals surface area contributed by atoms with Gasteiger partial charge in [0.05, 0.1) is 31.3 Å². The summed E-state index contributed by atoms with van der Waals surface area (Å²) in [7, 11) is 1.67. The summed E-state index contributed by atoms with van der Waals surface area (Å²) in [6.07, 6.45) is 1.95. The number of aromatic nitrogens is 1. The van der Waals surface area contributed by atoms with Crippen LogP contribution in [0.1, 0.15) is 37.7 Å². The van der Waals surface area contributed by atoms with Crippen LogP contribution in [0.5, 0.6) is 0 Å². The molecule has 1 unspecified atom stereocenters. The van der Waals surface area contributed by atoms with Gasteiger partial charge in [-0.2, -0.15) is 0 Å². The van der Waals surface area contributed by atoms with Crippen LogP contribution in [0.15, 0.2) is 18.3 Å². The van der Waals surface area contributed by atoms with Gasteiger partial charge in [-0.3, -0.25) is 14.4 Å².